The number of rotatable bonds is 3. The third-order valence-electron chi connectivity index (χ3n) is 3.18. The maximum Gasteiger partial charge on any atom is 0.339 e. The number of aryl methyl sites for hydroxylation is 1. The van der Waals surface area contributed by atoms with Crippen LogP contribution < -0.4 is 0 Å². The van der Waals surface area contributed by atoms with Crippen LogP contribution in [0.1, 0.15) is 24.2 Å². The number of halogens is 2. The van der Waals surface area contributed by atoms with Crippen molar-refractivity contribution in [2.45, 2.75) is 20.0 Å². The SMILES string of the molecule is CCOC(=O)[C@H](O)c1c(C)cc2cc(Cl)c(F)cc2c1O. The molecule has 2 rings (SSSR count). The predicted molar refractivity (Wildman–Crippen MR) is 76.9 cm³/mol. The fourth-order valence-electron chi connectivity index (χ4n) is 2.21. The first-order valence-electron chi connectivity index (χ1n) is 6.32. The van der Waals surface area contributed by atoms with Gasteiger partial charge in [0.25, 0.3) is 0 Å². The Bertz CT molecular complexity index is 715. The number of phenolic OH excluding ortho intramolecular Hbond substituents is 1. The van der Waals surface area contributed by atoms with E-state index >= 15 is 0 Å². The molecule has 4 nitrogen and oxygen atoms in total. The van der Waals surface area contributed by atoms with Crippen molar-refractivity contribution in [1.82, 2.24) is 0 Å². The molecule has 0 saturated heterocycles. The molecule has 2 N–H and O–H groups in total. The van der Waals surface area contributed by atoms with Crippen molar-refractivity contribution >= 4 is 28.3 Å². The lowest BCUT2D eigenvalue weighted by atomic mass is 9.96. The highest BCUT2D eigenvalue weighted by Gasteiger charge is 2.25. The minimum Gasteiger partial charge on any atom is -0.507 e. The van der Waals surface area contributed by atoms with Crippen LogP contribution in [-0.2, 0) is 9.53 Å². The summed E-state index contributed by atoms with van der Waals surface area (Å²) in [6, 6.07) is 4.05. The van der Waals surface area contributed by atoms with Gasteiger partial charge in [-0.2, -0.15) is 0 Å². The highest BCUT2D eigenvalue weighted by molar-refractivity contribution is 6.31. The first-order chi connectivity index (χ1) is 9.86. The summed E-state index contributed by atoms with van der Waals surface area (Å²) in [5, 5.41) is 20.9. The van der Waals surface area contributed by atoms with E-state index in [0.717, 1.165) is 6.07 Å². The molecule has 0 bridgehead atoms. The molecule has 21 heavy (non-hydrogen) atoms. The molecular weight excluding hydrogens is 299 g/mol. The Labute approximate surface area is 125 Å². The summed E-state index contributed by atoms with van der Waals surface area (Å²) in [4.78, 5) is 11.6. The maximum absolute atomic E-state index is 13.5. The zero-order chi connectivity index (χ0) is 15.7. The quantitative estimate of drug-likeness (QED) is 0.854. The van der Waals surface area contributed by atoms with Crippen LogP contribution in [0.5, 0.6) is 5.75 Å². The lowest BCUT2D eigenvalue weighted by Gasteiger charge is -2.16. The number of hydrogen-bond donors (Lipinski definition) is 2. The minimum absolute atomic E-state index is 0.00247. The molecule has 0 unspecified atom stereocenters. The van der Waals surface area contributed by atoms with Crippen LogP contribution in [0.25, 0.3) is 10.8 Å². The number of phenols is 1. The summed E-state index contributed by atoms with van der Waals surface area (Å²) in [5.74, 6) is -1.93. The number of aliphatic hydroxyl groups excluding tert-OH is 1. The molecular formula is C15H14ClFO4. The number of carbonyl (C=O) groups excluding carboxylic acids is 1. The van der Waals surface area contributed by atoms with E-state index in [9.17, 15) is 19.4 Å². The smallest absolute Gasteiger partial charge is 0.339 e. The first kappa shape index (κ1) is 15.5. The molecule has 0 aliphatic carbocycles. The normalized spacial score (nSPS) is 12.4. The Kier molecular flexibility index (Phi) is 4.34. The van der Waals surface area contributed by atoms with E-state index in [2.05, 4.69) is 0 Å². The Hall–Kier alpha value is -1.85. The number of aliphatic hydroxyl groups is 1. The molecule has 0 radical (unpaired) electrons. The van der Waals surface area contributed by atoms with Gasteiger partial charge in [0.15, 0.2) is 6.10 Å². The number of esters is 1. The van der Waals surface area contributed by atoms with Crippen LogP contribution in [-0.4, -0.2) is 22.8 Å². The average Bonchev–Trinajstić information content (AvgIpc) is 2.41. The molecule has 2 aromatic carbocycles. The Morgan fingerprint density at radius 1 is 1.43 bits per heavy atom. The minimum atomic E-state index is -1.63. The van der Waals surface area contributed by atoms with Gasteiger partial charge < -0.3 is 14.9 Å². The largest absolute Gasteiger partial charge is 0.507 e. The summed E-state index contributed by atoms with van der Waals surface area (Å²) in [6.07, 6.45) is -1.63. The summed E-state index contributed by atoms with van der Waals surface area (Å²) in [7, 11) is 0. The average molecular weight is 313 g/mol. The van der Waals surface area contributed by atoms with Gasteiger partial charge in [-0.1, -0.05) is 17.7 Å². The molecule has 2 aromatic rings. The first-order valence-corrected chi connectivity index (χ1v) is 6.70. The maximum atomic E-state index is 13.5. The van der Waals surface area contributed by atoms with Crippen LogP contribution in [0.2, 0.25) is 5.02 Å². The predicted octanol–water partition coefficient (Wildman–Crippen LogP) is 3.24. The van der Waals surface area contributed by atoms with Gasteiger partial charge in [0.2, 0.25) is 0 Å². The molecule has 6 heteroatoms. The van der Waals surface area contributed by atoms with Crippen LogP contribution in [0, 0.1) is 12.7 Å². The van der Waals surface area contributed by atoms with E-state index in [1.807, 2.05) is 0 Å². The number of fused-ring (bicyclic) bond motifs is 1. The van der Waals surface area contributed by atoms with Crippen LogP contribution in [0.3, 0.4) is 0 Å². The summed E-state index contributed by atoms with van der Waals surface area (Å²) in [6.45, 7) is 3.33. The van der Waals surface area contributed by atoms with Gasteiger partial charge in [-0.05, 0) is 36.9 Å². The summed E-state index contributed by atoms with van der Waals surface area (Å²) < 4.78 is 18.3. The van der Waals surface area contributed by atoms with E-state index in [1.54, 1.807) is 19.9 Å². The highest BCUT2D eigenvalue weighted by atomic mass is 35.5. The van der Waals surface area contributed by atoms with E-state index in [-0.39, 0.29) is 28.3 Å². The second kappa shape index (κ2) is 5.87. The van der Waals surface area contributed by atoms with E-state index < -0.39 is 17.9 Å². The molecule has 0 fully saturated rings. The van der Waals surface area contributed by atoms with Crippen molar-refractivity contribution < 1.29 is 24.1 Å². The van der Waals surface area contributed by atoms with Gasteiger partial charge in [-0.25, -0.2) is 9.18 Å². The number of hydrogen-bond acceptors (Lipinski definition) is 4. The second-order valence-electron chi connectivity index (χ2n) is 4.60. The monoisotopic (exact) mass is 312 g/mol. The number of benzene rings is 2. The molecule has 0 saturated carbocycles. The van der Waals surface area contributed by atoms with Gasteiger partial charge in [-0.3, -0.25) is 0 Å². The van der Waals surface area contributed by atoms with Crippen LogP contribution >= 0.6 is 11.6 Å². The number of carbonyl (C=O) groups is 1. The van der Waals surface area contributed by atoms with Crippen molar-refractivity contribution in [2.75, 3.05) is 6.61 Å². The van der Waals surface area contributed by atoms with Crippen molar-refractivity contribution in [3.05, 3.63) is 40.2 Å². The molecule has 0 aromatic heterocycles. The number of aromatic hydroxyl groups is 1. The Balaban J connectivity index is 2.65. The number of ether oxygens (including phenoxy) is 1. The molecule has 0 spiro atoms. The Morgan fingerprint density at radius 2 is 2.10 bits per heavy atom. The molecule has 0 aliphatic heterocycles. The van der Waals surface area contributed by atoms with Crippen LogP contribution in [0.15, 0.2) is 18.2 Å². The molecule has 1 atom stereocenters. The summed E-state index contributed by atoms with van der Waals surface area (Å²) >= 11 is 5.71. The fraction of sp³-hybridized carbons (Fsp3) is 0.267. The van der Waals surface area contributed by atoms with Crippen LogP contribution in [0.4, 0.5) is 4.39 Å². The van der Waals surface area contributed by atoms with Crippen molar-refractivity contribution in [2.24, 2.45) is 0 Å². The highest BCUT2D eigenvalue weighted by Crippen LogP contribution is 2.37. The van der Waals surface area contributed by atoms with Gasteiger partial charge >= 0.3 is 5.97 Å². The zero-order valence-corrected chi connectivity index (χ0v) is 12.2. The fourth-order valence-corrected chi connectivity index (χ4v) is 2.39. The molecule has 0 aliphatic rings. The van der Waals surface area contributed by atoms with Crippen molar-refractivity contribution in [1.29, 1.82) is 0 Å². The van der Waals surface area contributed by atoms with Gasteiger partial charge in [-0.15, -0.1) is 0 Å². The van der Waals surface area contributed by atoms with Crippen molar-refractivity contribution in [3.8, 4) is 5.75 Å². The van der Waals surface area contributed by atoms with E-state index in [0.29, 0.717) is 10.9 Å². The molecule has 112 valence electrons. The van der Waals surface area contributed by atoms with Gasteiger partial charge in [0.05, 0.1) is 11.6 Å². The summed E-state index contributed by atoms with van der Waals surface area (Å²) in [5.41, 5.74) is 0.478. The van der Waals surface area contributed by atoms with E-state index in [4.69, 9.17) is 16.3 Å². The third-order valence-corrected chi connectivity index (χ3v) is 3.47. The lowest BCUT2D eigenvalue weighted by Crippen LogP contribution is -2.16. The third kappa shape index (κ3) is 2.80. The van der Waals surface area contributed by atoms with Gasteiger partial charge in [0, 0.05) is 10.9 Å². The molecule has 0 amide bonds. The lowest BCUT2D eigenvalue weighted by molar-refractivity contribution is -0.153. The topological polar surface area (TPSA) is 66.8 Å². The molecule has 0 heterocycles. The van der Waals surface area contributed by atoms with Gasteiger partial charge in [0.1, 0.15) is 11.6 Å². The zero-order valence-electron chi connectivity index (χ0n) is 11.5. The Morgan fingerprint density at radius 3 is 2.71 bits per heavy atom. The standard InChI is InChI=1S/C15H14ClFO4/c1-3-21-15(20)14(19)12-7(2)4-8-5-10(16)11(17)6-9(8)13(12)18/h4-6,14,18-19H,3H2,1-2H3/t14-/m1/s1. The van der Waals surface area contributed by atoms with E-state index in [1.165, 1.54) is 6.07 Å². The van der Waals surface area contributed by atoms with Crippen molar-refractivity contribution in [3.63, 3.8) is 0 Å². The second-order valence-corrected chi connectivity index (χ2v) is 5.00.